The van der Waals surface area contributed by atoms with E-state index in [1.165, 1.54) is 32.1 Å². The van der Waals surface area contributed by atoms with Gasteiger partial charge in [0.25, 0.3) is 0 Å². The lowest BCUT2D eigenvalue weighted by Gasteiger charge is -2.63. The molecule has 3 heteroatoms. The Morgan fingerprint density at radius 1 is 0.875 bits per heavy atom. The minimum absolute atomic E-state index is 0.189. The summed E-state index contributed by atoms with van der Waals surface area (Å²) in [5.74, 6) is 4.40. The second-order valence-corrected chi connectivity index (χ2v) is 14.0. The van der Waals surface area contributed by atoms with E-state index in [4.69, 9.17) is 0 Å². The van der Waals surface area contributed by atoms with Crippen molar-refractivity contribution < 1.29 is 15.3 Å². The lowest BCUT2D eigenvalue weighted by Crippen LogP contribution is -2.60. The molecule has 4 aliphatic carbocycles. The van der Waals surface area contributed by atoms with E-state index in [1.54, 1.807) is 0 Å². The van der Waals surface area contributed by atoms with E-state index in [0.29, 0.717) is 29.1 Å². The fraction of sp³-hybridized carbons (Fsp3) is 1.00. The molecule has 0 aromatic rings. The van der Waals surface area contributed by atoms with Crippen LogP contribution in [0.5, 0.6) is 0 Å². The highest BCUT2D eigenvalue weighted by Gasteiger charge is 2.63. The van der Waals surface area contributed by atoms with Gasteiger partial charge in [0.05, 0.1) is 17.8 Å². The average Bonchev–Trinajstić information content (AvgIpc) is 3.05. The normalized spacial score (nSPS) is 50.8. The van der Waals surface area contributed by atoms with Crippen LogP contribution in [0.2, 0.25) is 0 Å². The van der Waals surface area contributed by atoms with Gasteiger partial charge in [0.1, 0.15) is 0 Å². The van der Waals surface area contributed by atoms with Gasteiger partial charge in [-0.2, -0.15) is 0 Å². The topological polar surface area (TPSA) is 60.7 Å². The monoisotopic (exact) mass is 448 g/mol. The van der Waals surface area contributed by atoms with Gasteiger partial charge >= 0.3 is 0 Å². The molecule has 12 atom stereocenters. The first-order chi connectivity index (χ1) is 14.8. The zero-order valence-corrected chi connectivity index (χ0v) is 22.0. The van der Waals surface area contributed by atoms with Crippen LogP contribution in [0.15, 0.2) is 0 Å². The first kappa shape index (κ1) is 25.0. The van der Waals surface area contributed by atoms with Crippen LogP contribution in [0.25, 0.3) is 0 Å². The van der Waals surface area contributed by atoms with E-state index in [1.807, 2.05) is 13.8 Å². The van der Waals surface area contributed by atoms with Crippen molar-refractivity contribution in [3.63, 3.8) is 0 Å². The lowest BCUT2D eigenvalue weighted by molar-refractivity contribution is -0.191. The van der Waals surface area contributed by atoms with Gasteiger partial charge < -0.3 is 15.3 Å². The highest BCUT2D eigenvalue weighted by Crippen LogP contribution is 2.69. The van der Waals surface area contributed by atoms with Crippen LogP contribution in [0.1, 0.15) is 106 Å². The smallest absolute Gasteiger partial charge is 0.0617 e. The molecule has 0 amide bonds. The van der Waals surface area contributed by atoms with E-state index < -0.39 is 5.60 Å². The van der Waals surface area contributed by atoms with Crippen LogP contribution in [-0.2, 0) is 0 Å². The standard InChI is InChI=1S/C29H52O3/c1-17(8-9-18(2)27(4,5)32)21-10-11-22-20-16-25(31)26-19(3)24(30)13-15-29(26,7)23(20)12-14-28(21,22)6/h17-26,30-32H,8-16H2,1-7H3/t17-,18+,19-,20?,21?,22?,23?,24+,25+,26?,28-,29-/m1/s1. The summed E-state index contributed by atoms with van der Waals surface area (Å²) in [4.78, 5) is 0. The summed E-state index contributed by atoms with van der Waals surface area (Å²) >= 11 is 0. The maximum atomic E-state index is 11.4. The molecule has 32 heavy (non-hydrogen) atoms. The number of aliphatic hydroxyl groups is 3. The molecule has 0 aromatic heterocycles. The number of hydrogen-bond acceptors (Lipinski definition) is 3. The number of fused-ring (bicyclic) bond motifs is 5. The fourth-order valence-electron chi connectivity index (χ4n) is 9.85. The summed E-state index contributed by atoms with van der Waals surface area (Å²) in [5.41, 5.74) is 0.00421. The van der Waals surface area contributed by atoms with Gasteiger partial charge in [0.15, 0.2) is 0 Å². The summed E-state index contributed by atoms with van der Waals surface area (Å²) in [5, 5.41) is 32.3. The Hall–Kier alpha value is -0.120. The lowest BCUT2D eigenvalue weighted by atomic mass is 9.42. The van der Waals surface area contributed by atoms with Crippen molar-refractivity contribution in [2.24, 2.45) is 58.2 Å². The molecule has 0 radical (unpaired) electrons. The number of hydrogen-bond donors (Lipinski definition) is 3. The Morgan fingerprint density at radius 2 is 1.50 bits per heavy atom. The Bertz CT molecular complexity index is 670. The van der Waals surface area contributed by atoms with Crippen molar-refractivity contribution >= 4 is 0 Å². The zero-order valence-electron chi connectivity index (χ0n) is 22.0. The van der Waals surface area contributed by atoms with Gasteiger partial charge in [-0.25, -0.2) is 0 Å². The van der Waals surface area contributed by atoms with Gasteiger partial charge in [-0.1, -0.05) is 41.0 Å². The van der Waals surface area contributed by atoms with Crippen molar-refractivity contribution in [2.45, 2.75) is 124 Å². The summed E-state index contributed by atoms with van der Waals surface area (Å²) in [7, 11) is 0. The highest BCUT2D eigenvalue weighted by molar-refractivity contribution is 5.12. The average molecular weight is 449 g/mol. The third-order valence-electron chi connectivity index (χ3n) is 12.1. The van der Waals surface area contributed by atoms with Crippen LogP contribution in [0.3, 0.4) is 0 Å². The van der Waals surface area contributed by atoms with Gasteiger partial charge in [0, 0.05) is 0 Å². The van der Waals surface area contributed by atoms with Crippen LogP contribution in [-0.4, -0.2) is 33.1 Å². The van der Waals surface area contributed by atoms with Crippen LogP contribution in [0.4, 0.5) is 0 Å². The molecule has 5 unspecified atom stereocenters. The molecule has 4 rings (SSSR count). The third kappa shape index (κ3) is 3.91. The predicted octanol–water partition coefficient (Wildman–Crippen LogP) is 6.05. The minimum Gasteiger partial charge on any atom is -0.393 e. The third-order valence-corrected chi connectivity index (χ3v) is 12.1. The van der Waals surface area contributed by atoms with E-state index in [2.05, 4.69) is 34.6 Å². The van der Waals surface area contributed by atoms with E-state index in [9.17, 15) is 15.3 Å². The Morgan fingerprint density at radius 3 is 2.16 bits per heavy atom. The first-order valence-corrected chi connectivity index (χ1v) is 13.9. The molecule has 3 nitrogen and oxygen atoms in total. The van der Waals surface area contributed by atoms with Gasteiger partial charge in [0.2, 0.25) is 0 Å². The summed E-state index contributed by atoms with van der Waals surface area (Å²) in [6, 6.07) is 0. The van der Waals surface area contributed by atoms with Crippen molar-refractivity contribution in [2.75, 3.05) is 0 Å². The van der Waals surface area contributed by atoms with Crippen molar-refractivity contribution in [1.82, 2.24) is 0 Å². The minimum atomic E-state index is -0.588. The Labute approximate surface area is 197 Å². The summed E-state index contributed by atoms with van der Waals surface area (Å²) < 4.78 is 0. The Balaban J connectivity index is 1.50. The SMILES string of the molecule is C[C@H](CC[C@H](C)C(C)(C)O)C1CCC2C3C[C@H](O)C4[C@H](C)[C@@H](O)CC[C@]4(C)C3CC[C@@]21C. The van der Waals surface area contributed by atoms with Crippen LogP contribution < -0.4 is 0 Å². The molecule has 0 spiro atoms. The molecule has 4 fully saturated rings. The maximum Gasteiger partial charge on any atom is 0.0617 e. The van der Waals surface area contributed by atoms with Crippen molar-refractivity contribution in [3.8, 4) is 0 Å². The second kappa shape index (κ2) is 8.52. The second-order valence-electron chi connectivity index (χ2n) is 14.0. The quantitative estimate of drug-likeness (QED) is 0.480. The predicted molar refractivity (Wildman–Crippen MR) is 131 cm³/mol. The van der Waals surface area contributed by atoms with Gasteiger partial charge in [-0.05, 0) is 123 Å². The number of rotatable bonds is 5. The van der Waals surface area contributed by atoms with Gasteiger partial charge in [-0.15, -0.1) is 0 Å². The molecule has 4 aliphatic rings. The summed E-state index contributed by atoms with van der Waals surface area (Å²) in [6.07, 6.45) is 10.1. The molecule has 3 N–H and O–H groups in total. The highest BCUT2D eigenvalue weighted by atomic mass is 16.3. The molecule has 0 aromatic carbocycles. The van der Waals surface area contributed by atoms with E-state index >= 15 is 0 Å². The van der Waals surface area contributed by atoms with E-state index in [0.717, 1.165) is 37.5 Å². The first-order valence-electron chi connectivity index (χ1n) is 13.9. The van der Waals surface area contributed by atoms with Gasteiger partial charge in [-0.3, -0.25) is 0 Å². The molecule has 0 aliphatic heterocycles. The molecule has 0 saturated heterocycles. The molecule has 0 bridgehead atoms. The zero-order chi connectivity index (χ0) is 23.6. The Kier molecular flexibility index (Phi) is 6.65. The van der Waals surface area contributed by atoms with Crippen molar-refractivity contribution in [1.29, 1.82) is 0 Å². The number of aliphatic hydroxyl groups excluding tert-OH is 2. The van der Waals surface area contributed by atoms with E-state index in [-0.39, 0.29) is 29.5 Å². The summed E-state index contributed by atoms with van der Waals surface area (Å²) in [6.45, 7) is 15.8. The molecular weight excluding hydrogens is 396 g/mol. The van der Waals surface area contributed by atoms with Crippen molar-refractivity contribution in [3.05, 3.63) is 0 Å². The molecular formula is C29H52O3. The largest absolute Gasteiger partial charge is 0.393 e. The fourth-order valence-corrected chi connectivity index (χ4v) is 9.85. The van der Waals surface area contributed by atoms with Crippen LogP contribution in [0, 0.1) is 58.2 Å². The maximum absolute atomic E-state index is 11.4. The molecule has 0 heterocycles. The van der Waals surface area contributed by atoms with Crippen LogP contribution >= 0.6 is 0 Å². The molecule has 4 saturated carbocycles. The molecule has 186 valence electrons.